The molecule has 2 fully saturated rings. The number of aliphatic hydroxyl groups is 1. The van der Waals surface area contributed by atoms with E-state index in [0.29, 0.717) is 5.78 Å². The molecule has 2 atom stereocenters. The number of carbonyl (C=O) groups is 1. The smallest absolute Gasteiger partial charge is 0.146 e. The summed E-state index contributed by atoms with van der Waals surface area (Å²) in [5.41, 5.74) is -0.222. The van der Waals surface area contributed by atoms with Crippen LogP contribution in [0.25, 0.3) is 0 Å². The zero-order valence-electron chi connectivity index (χ0n) is 5.26. The van der Waals surface area contributed by atoms with Crippen LogP contribution < -0.4 is 0 Å². The number of ketones is 1. The van der Waals surface area contributed by atoms with Crippen molar-refractivity contribution < 1.29 is 9.90 Å². The molecule has 2 heteroatoms. The number of fused-ring (bicyclic) bond motifs is 1. The monoisotopic (exact) mass is 126 g/mol. The quantitative estimate of drug-likeness (QED) is 0.550. The summed E-state index contributed by atoms with van der Waals surface area (Å²) >= 11 is 0. The van der Waals surface area contributed by atoms with Crippen LogP contribution in [0.4, 0.5) is 0 Å². The summed E-state index contributed by atoms with van der Waals surface area (Å²) in [5, 5.41) is 8.82. The van der Waals surface area contributed by atoms with E-state index in [1.165, 1.54) is 0 Å². The van der Waals surface area contributed by atoms with Gasteiger partial charge in [0, 0.05) is 5.92 Å². The van der Waals surface area contributed by atoms with Crippen molar-refractivity contribution in [1.82, 2.24) is 0 Å². The van der Waals surface area contributed by atoms with Crippen LogP contribution in [0.15, 0.2) is 0 Å². The Balaban J connectivity index is 2.22. The lowest BCUT2D eigenvalue weighted by atomic mass is 10.1. The standard InChI is InChI=1S/C7H10O2/c8-4-7-3-1-2-5(7)6(7)9/h5,8H,1-4H2. The maximum atomic E-state index is 10.9. The fourth-order valence-electron chi connectivity index (χ4n) is 2.05. The Morgan fingerprint density at radius 3 is 2.89 bits per heavy atom. The summed E-state index contributed by atoms with van der Waals surface area (Å²) in [6.45, 7) is 0.0938. The normalized spacial score (nSPS) is 47.2. The summed E-state index contributed by atoms with van der Waals surface area (Å²) in [7, 11) is 0. The molecule has 2 rings (SSSR count). The number of carbonyl (C=O) groups excluding carboxylic acids is 1. The fourth-order valence-corrected chi connectivity index (χ4v) is 2.05. The van der Waals surface area contributed by atoms with Gasteiger partial charge in [-0.05, 0) is 12.8 Å². The molecule has 0 heterocycles. The number of hydrogen-bond acceptors (Lipinski definition) is 2. The lowest BCUT2D eigenvalue weighted by molar-refractivity contribution is -0.114. The molecule has 0 aliphatic heterocycles. The minimum Gasteiger partial charge on any atom is -0.395 e. The van der Waals surface area contributed by atoms with Crippen LogP contribution in [0, 0.1) is 11.3 Å². The molecular weight excluding hydrogens is 116 g/mol. The van der Waals surface area contributed by atoms with Gasteiger partial charge in [0.15, 0.2) is 0 Å². The highest BCUT2D eigenvalue weighted by atomic mass is 16.3. The fraction of sp³-hybridized carbons (Fsp3) is 0.857. The average Bonchev–Trinajstić information content (AvgIpc) is 2.29. The minimum absolute atomic E-state index is 0.0938. The molecule has 2 nitrogen and oxygen atoms in total. The summed E-state index contributed by atoms with van der Waals surface area (Å²) in [4.78, 5) is 10.9. The van der Waals surface area contributed by atoms with Crippen LogP contribution in [-0.2, 0) is 4.79 Å². The zero-order valence-corrected chi connectivity index (χ0v) is 5.26. The first kappa shape index (κ1) is 5.42. The van der Waals surface area contributed by atoms with Crippen LogP contribution in [0.2, 0.25) is 0 Å². The van der Waals surface area contributed by atoms with Crippen molar-refractivity contribution in [3.8, 4) is 0 Å². The van der Waals surface area contributed by atoms with Gasteiger partial charge in [0.1, 0.15) is 5.78 Å². The number of Topliss-reactive ketones (excluding diaryl/α,β-unsaturated/α-hetero) is 1. The van der Waals surface area contributed by atoms with Crippen molar-refractivity contribution in [3.63, 3.8) is 0 Å². The van der Waals surface area contributed by atoms with E-state index < -0.39 is 0 Å². The molecule has 0 radical (unpaired) electrons. The first-order valence-corrected chi connectivity index (χ1v) is 3.46. The Hall–Kier alpha value is -0.370. The maximum Gasteiger partial charge on any atom is 0.146 e. The lowest BCUT2D eigenvalue weighted by Gasteiger charge is -2.00. The highest BCUT2D eigenvalue weighted by Crippen LogP contribution is 2.59. The van der Waals surface area contributed by atoms with Crippen LogP contribution in [-0.4, -0.2) is 17.5 Å². The van der Waals surface area contributed by atoms with Crippen molar-refractivity contribution in [3.05, 3.63) is 0 Å². The second-order valence-corrected chi connectivity index (χ2v) is 3.12. The molecule has 0 spiro atoms. The van der Waals surface area contributed by atoms with E-state index >= 15 is 0 Å². The van der Waals surface area contributed by atoms with E-state index in [0.717, 1.165) is 19.3 Å². The molecule has 0 bridgehead atoms. The molecule has 2 saturated carbocycles. The third-order valence-corrected chi connectivity index (χ3v) is 2.79. The van der Waals surface area contributed by atoms with E-state index in [4.69, 9.17) is 5.11 Å². The van der Waals surface area contributed by atoms with Gasteiger partial charge in [0.05, 0.1) is 12.0 Å². The predicted octanol–water partition coefficient (Wildman–Crippen LogP) is 0.348. The molecule has 0 amide bonds. The van der Waals surface area contributed by atoms with E-state index in [1.807, 2.05) is 0 Å². The van der Waals surface area contributed by atoms with Gasteiger partial charge in [0.2, 0.25) is 0 Å². The molecule has 9 heavy (non-hydrogen) atoms. The molecule has 2 aliphatic rings. The van der Waals surface area contributed by atoms with Gasteiger partial charge >= 0.3 is 0 Å². The van der Waals surface area contributed by atoms with Crippen molar-refractivity contribution in [2.75, 3.05) is 6.61 Å². The van der Waals surface area contributed by atoms with Crippen molar-refractivity contribution in [2.24, 2.45) is 11.3 Å². The van der Waals surface area contributed by atoms with Gasteiger partial charge in [-0.25, -0.2) is 0 Å². The van der Waals surface area contributed by atoms with Crippen LogP contribution in [0.5, 0.6) is 0 Å². The topological polar surface area (TPSA) is 37.3 Å². The number of hydrogen-bond donors (Lipinski definition) is 1. The molecular formula is C7H10O2. The first-order valence-electron chi connectivity index (χ1n) is 3.46. The predicted molar refractivity (Wildman–Crippen MR) is 31.9 cm³/mol. The highest BCUT2D eigenvalue weighted by molar-refractivity contribution is 6.04. The SMILES string of the molecule is O=C1C2CCCC12CO. The Morgan fingerprint density at radius 2 is 2.56 bits per heavy atom. The first-order chi connectivity index (χ1) is 4.31. The van der Waals surface area contributed by atoms with E-state index in [2.05, 4.69) is 0 Å². The largest absolute Gasteiger partial charge is 0.395 e. The number of aliphatic hydroxyl groups excluding tert-OH is 1. The Kier molecular flexibility index (Phi) is 0.826. The minimum atomic E-state index is -0.222. The molecule has 50 valence electrons. The molecule has 2 unspecified atom stereocenters. The zero-order chi connectivity index (χ0) is 6.48. The van der Waals surface area contributed by atoms with Gasteiger partial charge in [-0.1, -0.05) is 6.42 Å². The summed E-state index contributed by atoms with van der Waals surface area (Å²) < 4.78 is 0. The summed E-state index contributed by atoms with van der Waals surface area (Å²) in [6.07, 6.45) is 3.10. The maximum absolute atomic E-state index is 10.9. The Morgan fingerprint density at radius 1 is 1.78 bits per heavy atom. The molecule has 1 N–H and O–H groups in total. The van der Waals surface area contributed by atoms with Gasteiger partial charge in [-0.15, -0.1) is 0 Å². The molecule has 0 aromatic rings. The van der Waals surface area contributed by atoms with Gasteiger partial charge in [0.25, 0.3) is 0 Å². The van der Waals surface area contributed by atoms with Crippen molar-refractivity contribution in [1.29, 1.82) is 0 Å². The second-order valence-electron chi connectivity index (χ2n) is 3.12. The molecule has 0 aromatic heterocycles. The molecule has 0 saturated heterocycles. The lowest BCUT2D eigenvalue weighted by Crippen LogP contribution is -2.07. The third kappa shape index (κ3) is 0.433. The van der Waals surface area contributed by atoms with Crippen LogP contribution in [0.3, 0.4) is 0 Å². The summed E-state index contributed by atoms with van der Waals surface area (Å²) in [5.74, 6) is 0.568. The van der Waals surface area contributed by atoms with E-state index in [9.17, 15) is 4.79 Å². The van der Waals surface area contributed by atoms with Crippen LogP contribution >= 0.6 is 0 Å². The molecule has 0 aromatic carbocycles. The third-order valence-electron chi connectivity index (χ3n) is 2.79. The van der Waals surface area contributed by atoms with Crippen molar-refractivity contribution >= 4 is 5.78 Å². The molecule has 2 aliphatic carbocycles. The van der Waals surface area contributed by atoms with Crippen LogP contribution in [0.1, 0.15) is 19.3 Å². The van der Waals surface area contributed by atoms with Crippen molar-refractivity contribution in [2.45, 2.75) is 19.3 Å². The van der Waals surface area contributed by atoms with Gasteiger partial charge in [-0.2, -0.15) is 0 Å². The highest BCUT2D eigenvalue weighted by Gasteiger charge is 2.66. The van der Waals surface area contributed by atoms with Gasteiger partial charge in [-0.3, -0.25) is 4.79 Å². The van der Waals surface area contributed by atoms with Gasteiger partial charge < -0.3 is 5.11 Å². The second kappa shape index (κ2) is 1.37. The average molecular weight is 126 g/mol. The number of rotatable bonds is 1. The van der Waals surface area contributed by atoms with E-state index in [-0.39, 0.29) is 17.9 Å². The Bertz CT molecular complexity index is 164. The Labute approximate surface area is 53.9 Å². The summed E-state index contributed by atoms with van der Waals surface area (Å²) in [6, 6.07) is 0. The van der Waals surface area contributed by atoms with E-state index in [1.54, 1.807) is 0 Å².